The number of nitrogens with zero attached hydrogens (tertiary/aromatic N) is 2. The standard InChI is InChI=1S/C23H39FN6O2/c1-23(2,14-32-3)28-22(27-21(31)17-6-4-5-15(11-17)13-25)26-20-12-19(29-30-20)16-7-9-18(24)10-8-16/h15-20,29-30H,4-12,14H2,1-3H3,(H2,26,27,28,31). The molecule has 2 aliphatic carbocycles. The van der Waals surface area contributed by atoms with Crippen LogP contribution in [0.1, 0.15) is 71.6 Å². The van der Waals surface area contributed by atoms with Crippen LogP contribution in [0.2, 0.25) is 0 Å². The van der Waals surface area contributed by atoms with Crippen LogP contribution in [0.15, 0.2) is 4.99 Å². The molecule has 0 aromatic heterocycles. The van der Waals surface area contributed by atoms with Crippen LogP contribution < -0.4 is 21.5 Å². The van der Waals surface area contributed by atoms with Crippen molar-refractivity contribution in [2.75, 3.05) is 13.7 Å². The van der Waals surface area contributed by atoms with Crippen molar-refractivity contribution in [3.05, 3.63) is 0 Å². The molecular weight excluding hydrogens is 411 g/mol. The normalized spacial score (nSPS) is 34.0. The summed E-state index contributed by atoms with van der Waals surface area (Å²) in [5, 5.41) is 15.6. The Balaban J connectivity index is 1.65. The van der Waals surface area contributed by atoms with Crippen molar-refractivity contribution in [2.24, 2.45) is 22.7 Å². The van der Waals surface area contributed by atoms with Gasteiger partial charge in [0, 0.05) is 31.4 Å². The molecular formula is C23H39FN6O2. The molecule has 9 heteroatoms. The highest BCUT2D eigenvalue weighted by atomic mass is 19.1. The lowest BCUT2D eigenvalue weighted by atomic mass is 9.82. The van der Waals surface area contributed by atoms with Gasteiger partial charge in [0.15, 0.2) is 5.96 Å². The number of hydrogen-bond acceptors (Lipinski definition) is 6. The molecule has 8 nitrogen and oxygen atoms in total. The highest BCUT2D eigenvalue weighted by molar-refractivity contribution is 5.98. The van der Waals surface area contributed by atoms with Gasteiger partial charge in [0.05, 0.1) is 18.2 Å². The topological polar surface area (TPSA) is 111 Å². The molecule has 4 atom stereocenters. The molecule has 180 valence electrons. The molecule has 1 aliphatic heterocycles. The lowest BCUT2D eigenvalue weighted by Gasteiger charge is -2.30. The molecule has 0 aromatic rings. The number of amides is 1. The maximum Gasteiger partial charge on any atom is 0.229 e. The van der Waals surface area contributed by atoms with Crippen LogP contribution in [0.4, 0.5) is 4.39 Å². The first-order chi connectivity index (χ1) is 15.3. The quantitative estimate of drug-likeness (QED) is 0.366. The Kier molecular flexibility index (Phi) is 8.86. The Bertz CT molecular complexity index is 701. The summed E-state index contributed by atoms with van der Waals surface area (Å²) in [6.07, 6.45) is 6.13. The number of hydrogen-bond donors (Lipinski definition) is 4. The van der Waals surface area contributed by atoms with Gasteiger partial charge >= 0.3 is 0 Å². The van der Waals surface area contributed by atoms with Gasteiger partial charge in [-0.25, -0.2) is 14.8 Å². The van der Waals surface area contributed by atoms with Gasteiger partial charge in [-0.05, 0) is 64.7 Å². The molecule has 0 bridgehead atoms. The van der Waals surface area contributed by atoms with Crippen LogP contribution in [-0.4, -0.2) is 49.5 Å². The summed E-state index contributed by atoms with van der Waals surface area (Å²) < 4.78 is 18.8. The van der Waals surface area contributed by atoms with E-state index in [1.807, 2.05) is 13.8 Å². The Morgan fingerprint density at radius 1 is 1.19 bits per heavy atom. The van der Waals surface area contributed by atoms with Gasteiger partial charge in [-0.2, -0.15) is 5.26 Å². The second kappa shape index (κ2) is 11.4. The third-order valence-corrected chi connectivity index (χ3v) is 6.90. The molecule has 1 saturated heterocycles. The van der Waals surface area contributed by atoms with Crippen LogP contribution in [0.5, 0.6) is 0 Å². The highest BCUT2D eigenvalue weighted by Crippen LogP contribution is 2.31. The average molecular weight is 451 g/mol. The Morgan fingerprint density at radius 2 is 1.94 bits per heavy atom. The Hall–Kier alpha value is -1.76. The molecule has 3 rings (SSSR count). The number of methoxy groups -OCH3 is 1. The number of nitriles is 1. The number of aliphatic imine (C=N–C) groups is 1. The lowest BCUT2D eigenvalue weighted by Crippen LogP contribution is -2.54. The van der Waals surface area contributed by atoms with Crippen molar-refractivity contribution in [1.29, 1.82) is 5.26 Å². The number of carbonyl (C=O) groups is 1. The van der Waals surface area contributed by atoms with E-state index in [0.29, 0.717) is 37.7 Å². The summed E-state index contributed by atoms with van der Waals surface area (Å²) in [5.74, 6) is 0.537. The van der Waals surface area contributed by atoms with E-state index in [1.165, 1.54) is 0 Å². The zero-order chi connectivity index (χ0) is 23.1. The number of nitrogens with one attached hydrogen (secondary N) is 4. The molecule has 1 amide bonds. The van der Waals surface area contributed by atoms with Crippen molar-refractivity contribution >= 4 is 11.9 Å². The van der Waals surface area contributed by atoms with Crippen LogP contribution >= 0.6 is 0 Å². The Labute approximate surface area is 191 Å². The van der Waals surface area contributed by atoms with Gasteiger partial charge in [0.25, 0.3) is 0 Å². The SMILES string of the molecule is COCC(C)(C)N/C(=N\C1CC(C2CCC(F)CC2)NN1)NC(=O)C1CCCC(C#N)C1. The van der Waals surface area contributed by atoms with Gasteiger partial charge in [-0.1, -0.05) is 6.42 Å². The van der Waals surface area contributed by atoms with Gasteiger partial charge in [0.1, 0.15) is 12.3 Å². The summed E-state index contributed by atoms with van der Waals surface area (Å²) in [7, 11) is 1.64. The molecule has 0 spiro atoms. The van der Waals surface area contributed by atoms with E-state index in [9.17, 15) is 14.4 Å². The fraction of sp³-hybridized carbons (Fsp3) is 0.870. The number of halogens is 1. The minimum Gasteiger partial charge on any atom is -0.382 e. The largest absolute Gasteiger partial charge is 0.382 e. The molecule has 0 aromatic carbocycles. The molecule has 1 heterocycles. The van der Waals surface area contributed by atoms with Crippen molar-refractivity contribution in [3.8, 4) is 6.07 Å². The van der Waals surface area contributed by atoms with Crippen LogP contribution in [0, 0.1) is 29.1 Å². The van der Waals surface area contributed by atoms with E-state index < -0.39 is 11.7 Å². The van der Waals surface area contributed by atoms with Crippen molar-refractivity contribution in [2.45, 2.75) is 95.6 Å². The van der Waals surface area contributed by atoms with E-state index in [1.54, 1.807) is 7.11 Å². The van der Waals surface area contributed by atoms with E-state index in [4.69, 9.17) is 9.73 Å². The van der Waals surface area contributed by atoms with Crippen LogP contribution in [-0.2, 0) is 9.53 Å². The van der Waals surface area contributed by atoms with E-state index >= 15 is 0 Å². The number of carbonyl (C=O) groups excluding carboxylic acids is 1. The summed E-state index contributed by atoms with van der Waals surface area (Å²) in [4.78, 5) is 17.8. The molecule has 3 aliphatic rings. The van der Waals surface area contributed by atoms with E-state index in [-0.39, 0.29) is 30.0 Å². The maximum atomic E-state index is 13.5. The molecule has 4 unspecified atom stereocenters. The lowest BCUT2D eigenvalue weighted by molar-refractivity contribution is -0.124. The molecule has 4 N–H and O–H groups in total. The molecule has 32 heavy (non-hydrogen) atoms. The number of ether oxygens (including phenoxy) is 1. The first-order valence-electron chi connectivity index (χ1n) is 12.0. The summed E-state index contributed by atoms with van der Waals surface area (Å²) in [6, 6.07) is 2.56. The van der Waals surface area contributed by atoms with Crippen LogP contribution in [0.3, 0.4) is 0 Å². The Morgan fingerprint density at radius 3 is 2.62 bits per heavy atom. The number of hydrazine groups is 1. The van der Waals surface area contributed by atoms with Crippen molar-refractivity contribution in [1.82, 2.24) is 21.5 Å². The zero-order valence-corrected chi connectivity index (χ0v) is 19.6. The zero-order valence-electron chi connectivity index (χ0n) is 19.6. The third kappa shape index (κ3) is 7.12. The second-order valence-corrected chi connectivity index (χ2v) is 10.3. The highest BCUT2D eigenvalue weighted by Gasteiger charge is 2.34. The van der Waals surface area contributed by atoms with E-state index in [2.05, 4.69) is 27.6 Å². The van der Waals surface area contributed by atoms with Gasteiger partial charge in [-0.15, -0.1) is 0 Å². The van der Waals surface area contributed by atoms with Gasteiger partial charge in [-0.3, -0.25) is 15.5 Å². The minimum absolute atomic E-state index is 0.0568. The third-order valence-electron chi connectivity index (χ3n) is 6.90. The first kappa shape index (κ1) is 24.9. The van der Waals surface area contributed by atoms with Crippen LogP contribution in [0.25, 0.3) is 0 Å². The number of rotatable bonds is 6. The minimum atomic E-state index is -0.663. The predicted molar refractivity (Wildman–Crippen MR) is 121 cm³/mol. The number of alkyl halides is 1. The van der Waals surface area contributed by atoms with E-state index in [0.717, 1.165) is 38.5 Å². The molecule has 3 fully saturated rings. The predicted octanol–water partition coefficient (Wildman–Crippen LogP) is 2.52. The second-order valence-electron chi connectivity index (χ2n) is 10.3. The smallest absolute Gasteiger partial charge is 0.229 e. The monoisotopic (exact) mass is 450 g/mol. The van der Waals surface area contributed by atoms with Gasteiger partial charge < -0.3 is 10.1 Å². The summed E-state index contributed by atoms with van der Waals surface area (Å²) in [6.45, 7) is 4.43. The fourth-order valence-electron chi connectivity index (χ4n) is 5.17. The summed E-state index contributed by atoms with van der Waals surface area (Å²) >= 11 is 0. The fourth-order valence-corrected chi connectivity index (χ4v) is 5.17. The summed E-state index contributed by atoms with van der Waals surface area (Å²) in [5.41, 5.74) is 6.15. The molecule has 2 saturated carbocycles. The average Bonchev–Trinajstić information content (AvgIpc) is 3.22. The number of guanidine groups is 1. The van der Waals surface area contributed by atoms with Crippen molar-refractivity contribution in [3.63, 3.8) is 0 Å². The van der Waals surface area contributed by atoms with Crippen molar-refractivity contribution < 1.29 is 13.9 Å². The van der Waals surface area contributed by atoms with Gasteiger partial charge in [0.2, 0.25) is 5.91 Å². The maximum absolute atomic E-state index is 13.5. The first-order valence-corrected chi connectivity index (χ1v) is 12.0. The molecule has 0 radical (unpaired) electrons.